The SMILES string of the molecule is CCCCN=C(NCC)N1CCN(c2cccc(OC)c2)CC1.I. The van der Waals surface area contributed by atoms with Gasteiger partial charge in [-0.3, -0.25) is 4.99 Å². The third kappa shape index (κ3) is 6.03. The monoisotopic (exact) mass is 446 g/mol. The van der Waals surface area contributed by atoms with E-state index in [9.17, 15) is 0 Å². The summed E-state index contributed by atoms with van der Waals surface area (Å²) in [6.45, 7) is 10.2. The fourth-order valence-electron chi connectivity index (χ4n) is 2.75. The van der Waals surface area contributed by atoms with Gasteiger partial charge in [-0.15, -0.1) is 24.0 Å². The number of nitrogens with zero attached hydrogens (tertiary/aromatic N) is 3. The summed E-state index contributed by atoms with van der Waals surface area (Å²) >= 11 is 0. The first-order valence-electron chi connectivity index (χ1n) is 8.70. The summed E-state index contributed by atoms with van der Waals surface area (Å²) in [4.78, 5) is 9.53. The average molecular weight is 446 g/mol. The fraction of sp³-hybridized carbons (Fsp3) is 0.611. The number of rotatable bonds is 6. The maximum atomic E-state index is 5.33. The smallest absolute Gasteiger partial charge is 0.194 e. The van der Waals surface area contributed by atoms with Gasteiger partial charge in [-0.25, -0.2) is 0 Å². The Bertz CT molecular complexity index is 502. The summed E-state index contributed by atoms with van der Waals surface area (Å²) in [7, 11) is 1.71. The van der Waals surface area contributed by atoms with Gasteiger partial charge in [0.25, 0.3) is 0 Å². The summed E-state index contributed by atoms with van der Waals surface area (Å²) in [5, 5.41) is 3.42. The minimum Gasteiger partial charge on any atom is -0.497 e. The van der Waals surface area contributed by atoms with Crippen molar-refractivity contribution in [1.29, 1.82) is 0 Å². The summed E-state index contributed by atoms with van der Waals surface area (Å²) in [6.07, 6.45) is 2.34. The molecule has 6 heteroatoms. The zero-order valence-corrected chi connectivity index (χ0v) is 17.5. The van der Waals surface area contributed by atoms with E-state index in [1.807, 2.05) is 6.07 Å². The van der Waals surface area contributed by atoms with Crippen LogP contribution in [0, 0.1) is 0 Å². The number of ether oxygens (including phenoxy) is 1. The zero-order valence-electron chi connectivity index (χ0n) is 15.1. The second kappa shape index (κ2) is 11.4. The molecule has 0 amide bonds. The molecule has 1 heterocycles. The van der Waals surface area contributed by atoms with E-state index in [0.717, 1.165) is 57.4 Å². The molecule has 0 aliphatic carbocycles. The highest BCUT2D eigenvalue weighted by molar-refractivity contribution is 14.0. The number of anilines is 1. The molecule has 5 nitrogen and oxygen atoms in total. The topological polar surface area (TPSA) is 40.1 Å². The molecule has 0 unspecified atom stereocenters. The van der Waals surface area contributed by atoms with Crippen molar-refractivity contribution in [3.8, 4) is 5.75 Å². The Labute approximate surface area is 163 Å². The molecule has 1 aliphatic heterocycles. The molecular formula is C18H31IN4O. The standard InChI is InChI=1S/C18H30N4O.HI/c1-4-6-10-20-18(19-5-2)22-13-11-21(12-14-22)16-8-7-9-17(15-16)23-3;/h7-9,15H,4-6,10-14H2,1-3H3,(H,19,20);1H. The van der Waals surface area contributed by atoms with Crippen LogP contribution in [-0.4, -0.2) is 57.2 Å². The number of aliphatic imine (C=N–C) groups is 1. The minimum atomic E-state index is 0. The number of nitrogens with one attached hydrogen (secondary N) is 1. The Morgan fingerprint density at radius 2 is 1.96 bits per heavy atom. The number of unbranched alkanes of at least 4 members (excludes halogenated alkanes) is 1. The number of hydrogen-bond acceptors (Lipinski definition) is 3. The van der Waals surface area contributed by atoms with Crippen LogP contribution in [0.4, 0.5) is 5.69 Å². The van der Waals surface area contributed by atoms with Gasteiger partial charge in [0, 0.05) is 51.0 Å². The lowest BCUT2D eigenvalue weighted by atomic mass is 10.2. The van der Waals surface area contributed by atoms with Crippen molar-refractivity contribution in [1.82, 2.24) is 10.2 Å². The molecule has 0 saturated carbocycles. The van der Waals surface area contributed by atoms with Crippen molar-refractivity contribution in [2.75, 3.05) is 51.3 Å². The molecule has 0 aromatic heterocycles. The molecule has 136 valence electrons. The minimum absolute atomic E-state index is 0. The van der Waals surface area contributed by atoms with Gasteiger partial charge in [-0.05, 0) is 25.5 Å². The van der Waals surface area contributed by atoms with E-state index in [-0.39, 0.29) is 24.0 Å². The van der Waals surface area contributed by atoms with Crippen LogP contribution in [0.3, 0.4) is 0 Å². The summed E-state index contributed by atoms with van der Waals surface area (Å²) in [6, 6.07) is 8.30. The summed E-state index contributed by atoms with van der Waals surface area (Å²) in [5.41, 5.74) is 1.23. The summed E-state index contributed by atoms with van der Waals surface area (Å²) in [5.74, 6) is 1.98. The van der Waals surface area contributed by atoms with Gasteiger partial charge in [0.05, 0.1) is 7.11 Å². The van der Waals surface area contributed by atoms with Crippen LogP contribution in [0.1, 0.15) is 26.7 Å². The van der Waals surface area contributed by atoms with E-state index in [0.29, 0.717) is 0 Å². The van der Waals surface area contributed by atoms with Gasteiger partial charge in [0.1, 0.15) is 5.75 Å². The number of piperazine rings is 1. The molecule has 1 aliphatic rings. The molecule has 1 saturated heterocycles. The number of methoxy groups -OCH3 is 1. The molecule has 0 atom stereocenters. The largest absolute Gasteiger partial charge is 0.497 e. The van der Waals surface area contributed by atoms with Crippen molar-refractivity contribution in [2.24, 2.45) is 4.99 Å². The van der Waals surface area contributed by atoms with Crippen LogP contribution in [0.5, 0.6) is 5.75 Å². The second-order valence-electron chi connectivity index (χ2n) is 5.76. The lowest BCUT2D eigenvalue weighted by Crippen LogP contribution is -2.52. The molecule has 0 bridgehead atoms. The molecule has 2 rings (SSSR count). The molecular weight excluding hydrogens is 415 g/mol. The number of halogens is 1. The Kier molecular flexibility index (Phi) is 9.90. The molecule has 24 heavy (non-hydrogen) atoms. The van der Waals surface area contributed by atoms with Crippen molar-refractivity contribution < 1.29 is 4.74 Å². The van der Waals surface area contributed by atoms with Crippen LogP contribution in [0.25, 0.3) is 0 Å². The molecule has 0 spiro atoms. The highest BCUT2D eigenvalue weighted by Crippen LogP contribution is 2.22. The first-order valence-corrected chi connectivity index (χ1v) is 8.70. The van der Waals surface area contributed by atoms with Crippen molar-refractivity contribution in [3.05, 3.63) is 24.3 Å². The quantitative estimate of drug-likeness (QED) is 0.316. The predicted molar refractivity (Wildman–Crippen MR) is 113 cm³/mol. The van der Waals surface area contributed by atoms with Crippen molar-refractivity contribution in [2.45, 2.75) is 26.7 Å². The van der Waals surface area contributed by atoms with E-state index in [4.69, 9.17) is 9.73 Å². The van der Waals surface area contributed by atoms with E-state index < -0.39 is 0 Å². The molecule has 1 N–H and O–H groups in total. The maximum absolute atomic E-state index is 5.33. The lowest BCUT2D eigenvalue weighted by molar-refractivity contribution is 0.372. The maximum Gasteiger partial charge on any atom is 0.194 e. The van der Waals surface area contributed by atoms with Gasteiger partial charge in [-0.1, -0.05) is 19.4 Å². The predicted octanol–water partition coefficient (Wildman–Crippen LogP) is 3.20. The first-order chi connectivity index (χ1) is 11.3. The first kappa shape index (κ1) is 20.9. The van der Waals surface area contributed by atoms with Gasteiger partial charge in [-0.2, -0.15) is 0 Å². The lowest BCUT2D eigenvalue weighted by Gasteiger charge is -2.37. The third-order valence-corrected chi connectivity index (χ3v) is 4.11. The van der Waals surface area contributed by atoms with Gasteiger partial charge < -0.3 is 19.9 Å². The van der Waals surface area contributed by atoms with Crippen LogP contribution < -0.4 is 15.0 Å². The second-order valence-corrected chi connectivity index (χ2v) is 5.76. The van der Waals surface area contributed by atoms with E-state index in [2.05, 4.69) is 47.2 Å². The number of hydrogen-bond donors (Lipinski definition) is 1. The molecule has 1 fully saturated rings. The van der Waals surface area contributed by atoms with Crippen molar-refractivity contribution >= 4 is 35.6 Å². The van der Waals surface area contributed by atoms with E-state index >= 15 is 0 Å². The highest BCUT2D eigenvalue weighted by Gasteiger charge is 2.19. The van der Waals surface area contributed by atoms with Gasteiger partial charge in [0.15, 0.2) is 5.96 Å². The normalized spacial score (nSPS) is 15.0. The molecule has 0 radical (unpaired) electrons. The van der Waals surface area contributed by atoms with E-state index in [1.165, 1.54) is 12.1 Å². The van der Waals surface area contributed by atoms with Crippen LogP contribution in [0.2, 0.25) is 0 Å². The number of benzene rings is 1. The van der Waals surface area contributed by atoms with Gasteiger partial charge >= 0.3 is 0 Å². The van der Waals surface area contributed by atoms with Crippen molar-refractivity contribution in [3.63, 3.8) is 0 Å². The van der Waals surface area contributed by atoms with E-state index in [1.54, 1.807) is 7.11 Å². The third-order valence-electron chi connectivity index (χ3n) is 4.11. The Balaban J connectivity index is 0.00000288. The zero-order chi connectivity index (χ0) is 16.5. The van der Waals surface area contributed by atoms with Crippen LogP contribution >= 0.6 is 24.0 Å². The molecule has 1 aromatic carbocycles. The Morgan fingerprint density at radius 3 is 2.58 bits per heavy atom. The summed E-state index contributed by atoms with van der Waals surface area (Å²) < 4.78 is 5.33. The highest BCUT2D eigenvalue weighted by atomic mass is 127. The Hall–Kier alpha value is -1.18. The van der Waals surface area contributed by atoms with Crippen LogP contribution in [0.15, 0.2) is 29.3 Å². The van der Waals surface area contributed by atoms with Crippen LogP contribution in [-0.2, 0) is 0 Å². The average Bonchev–Trinajstić information content (AvgIpc) is 2.61. The van der Waals surface area contributed by atoms with Gasteiger partial charge in [0.2, 0.25) is 0 Å². The molecule has 1 aromatic rings. The fourth-order valence-corrected chi connectivity index (χ4v) is 2.75. The number of guanidine groups is 1. The Morgan fingerprint density at radius 1 is 1.21 bits per heavy atom.